The van der Waals surface area contributed by atoms with Gasteiger partial charge in [-0.3, -0.25) is 15.4 Å². The van der Waals surface area contributed by atoms with Gasteiger partial charge in [0.1, 0.15) is 11.3 Å². The quantitative estimate of drug-likeness (QED) is 0.146. The first-order valence-corrected chi connectivity index (χ1v) is 16.0. The number of carbonyl (C=O) groups is 3. The van der Waals surface area contributed by atoms with Crippen LogP contribution in [-0.4, -0.2) is 88.1 Å². The van der Waals surface area contributed by atoms with Gasteiger partial charge in [0.15, 0.2) is 0 Å². The highest BCUT2D eigenvalue weighted by atomic mass is 16.6. The Morgan fingerprint density at radius 2 is 2.02 bits per heavy atom. The van der Waals surface area contributed by atoms with Gasteiger partial charge in [0, 0.05) is 41.5 Å². The van der Waals surface area contributed by atoms with E-state index in [2.05, 4.69) is 44.1 Å². The molecule has 1 amide bonds. The smallest absolute Gasteiger partial charge is 0.343 e. The van der Waals surface area contributed by atoms with Crippen LogP contribution in [0.1, 0.15) is 52.5 Å². The lowest BCUT2D eigenvalue weighted by molar-refractivity contribution is -0.149. The second-order valence-corrected chi connectivity index (χ2v) is 13.1. The molecule has 6 N–H and O–H groups in total. The molecule has 5 rings (SSSR count). The molecule has 1 aromatic heterocycles. The number of hydrogen-bond donors (Lipinski definition) is 5. The van der Waals surface area contributed by atoms with Crippen LogP contribution in [0.5, 0.6) is 0 Å². The van der Waals surface area contributed by atoms with E-state index in [-0.39, 0.29) is 71.4 Å². The number of guanidine groups is 1. The highest BCUT2D eigenvalue weighted by Crippen LogP contribution is 2.61. The summed E-state index contributed by atoms with van der Waals surface area (Å²) in [7, 11) is 0. The fraction of sp³-hybridized carbons (Fsp3) is 0.500. The van der Waals surface area contributed by atoms with E-state index in [0.29, 0.717) is 25.8 Å². The normalized spacial score (nSPS) is 31.5. The second-order valence-electron chi connectivity index (χ2n) is 13.1. The molecule has 3 heterocycles. The molecule has 4 aliphatic rings. The van der Waals surface area contributed by atoms with Crippen LogP contribution in [0.25, 0.3) is 5.57 Å². The first-order valence-electron chi connectivity index (χ1n) is 16.0. The Morgan fingerprint density at radius 1 is 1.29 bits per heavy atom. The second kappa shape index (κ2) is 13.9. The Bertz CT molecular complexity index is 1630. The van der Waals surface area contributed by atoms with Gasteiger partial charge < -0.3 is 25.4 Å². The molecule has 0 saturated heterocycles. The maximum atomic E-state index is 13.1. The van der Waals surface area contributed by atoms with Crippen LogP contribution in [0.3, 0.4) is 0 Å². The monoisotopic (exact) mass is 661 g/mol. The van der Waals surface area contributed by atoms with Gasteiger partial charge in [-0.2, -0.15) is 0 Å². The van der Waals surface area contributed by atoms with Crippen molar-refractivity contribution in [3.8, 4) is 0 Å². The summed E-state index contributed by atoms with van der Waals surface area (Å²) in [6.45, 7) is 12.2. The van der Waals surface area contributed by atoms with E-state index in [4.69, 9.17) is 15.2 Å². The number of aromatic nitrogens is 2. The number of nitrogen functional groups attached to an aromatic ring is 1. The fourth-order valence-corrected chi connectivity index (χ4v) is 7.43. The van der Waals surface area contributed by atoms with Crippen molar-refractivity contribution in [2.45, 2.75) is 65.1 Å². The minimum Gasteiger partial charge on any atom is -0.462 e. The number of aliphatic hydroxyl groups excluding tert-OH is 2. The number of nitrogens with one attached hydrogen (secondary N) is 2. The molecule has 0 bridgehead atoms. The summed E-state index contributed by atoms with van der Waals surface area (Å²) in [4.78, 5) is 55.2. The predicted molar refractivity (Wildman–Crippen MR) is 178 cm³/mol. The Kier molecular flexibility index (Phi) is 10.1. The van der Waals surface area contributed by atoms with Crippen LogP contribution in [0.15, 0.2) is 64.1 Å². The van der Waals surface area contributed by atoms with Gasteiger partial charge in [-0.15, -0.1) is 0 Å². The highest BCUT2D eigenvalue weighted by molar-refractivity contribution is 6.18. The third-order valence-electron chi connectivity index (χ3n) is 10.2. The van der Waals surface area contributed by atoms with Gasteiger partial charge in [-0.05, 0) is 50.5 Å². The van der Waals surface area contributed by atoms with E-state index in [0.717, 1.165) is 5.57 Å². The number of rotatable bonds is 9. The Labute approximate surface area is 279 Å². The van der Waals surface area contributed by atoms with Crippen LogP contribution >= 0.6 is 0 Å². The van der Waals surface area contributed by atoms with Gasteiger partial charge in [-0.1, -0.05) is 38.2 Å². The zero-order chi connectivity index (χ0) is 34.8. The number of nitrogens with zero attached hydrogens (tertiary/aromatic N) is 4. The van der Waals surface area contributed by atoms with Gasteiger partial charge >= 0.3 is 11.9 Å². The number of allylic oxidation sites excluding steroid dienone is 2. The molecule has 4 unspecified atom stereocenters. The summed E-state index contributed by atoms with van der Waals surface area (Å²) in [5.41, 5.74) is 5.58. The van der Waals surface area contributed by atoms with E-state index in [9.17, 15) is 24.6 Å². The molecule has 2 saturated carbocycles. The number of aliphatic imine (C=N–C) groups is 2. The lowest BCUT2D eigenvalue weighted by atomic mass is 9.45. The van der Waals surface area contributed by atoms with Crippen LogP contribution < -0.4 is 16.4 Å². The van der Waals surface area contributed by atoms with Gasteiger partial charge in [0.25, 0.3) is 0 Å². The summed E-state index contributed by atoms with van der Waals surface area (Å²) >= 11 is 0. The number of carbonyl (C=O) groups excluding carboxylic acids is 3. The lowest BCUT2D eigenvalue weighted by Gasteiger charge is -2.61. The first-order chi connectivity index (χ1) is 22.8. The molecule has 48 heavy (non-hydrogen) atoms. The summed E-state index contributed by atoms with van der Waals surface area (Å²) in [6, 6.07) is -1.02. The molecule has 1 aromatic rings. The van der Waals surface area contributed by atoms with Gasteiger partial charge in [0.2, 0.25) is 17.8 Å². The topological polar surface area (TPSA) is 211 Å². The molecule has 2 fully saturated rings. The van der Waals surface area contributed by atoms with E-state index >= 15 is 0 Å². The average Bonchev–Trinajstić information content (AvgIpc) is 3.70. The maximum absolute atomic E-state index is 13.1. The molecular formula is C34H43N7O7. The number of esters is 2. The number of cyclic esters (lactones) is 1. The van der Waals surface area contributed by atoms with E-state index in [1.165, 1.54) is 18.5 Å². The molecule has 7 atom stereocenters. The van der Waals surface area contributed by atoms with Gasteiger partial charge in [-0.25, -0.2) is 29.5 Å². The molecule has 14 nitrogen and oxygen atoms in total. The number of amides is 1. The van der Waals surface area contributed by atoms with Crippen molar-refractivity contribution in [3.63, 3.8) is 0 Å². The molecular weight excluding hydrogens is 618 g/mol. The number of ether oxygens (including phenoxy) is 2. The van der Waals surface area contributed by atoms with Crippen molar-refractivity contribution >= 4 is 41.5 Å². The molecule has 256 valence electrons. The number of hydrogen-bond acceptors (Lipinski definition) is 13. The van der Waals surface area contributed by atoms with E-state index in [1.54, 1.807) is 26.1 Å². The summed E-state index contributed by atoms with van der Waals surface area (Å²) in [5, 5.41) is 27.9. The van der Waals surface area contributed by atoms with E-state index in [1.807, 2.05) is 13.0 Å². The zero-order valence-electron chi connectivity index (χ0n) is 27.6. The third kappa shape index (κ3) is 6.60. The number of aliphatic hydroxyl groups is 2. The fourth-order valence-electron chi connectivity index (χ4n) is 7.43. The molecule has 0 spiro atoms. The average molecular weight is 662 g/mol. The molecule has 0 aromatic carbocycles. The lowest BCUT2D eigenvalue weighted by Crippen LogP contribution is -2.62. The Balaban J connectivity index is 1.49. The SMILES string of the molecule is C=C1C(NC(C)C(=O)NC2=NCC=N2)CC2[C@](C)(CC[C@@H](O)[C@@]2(C)CO)C1/C=C/C1=CC(=C(/C(=O)OCC)c2cnc(N)nc2)/OC1=O. The van der Waals surface area contributed by atoms with Crippen LogP contribution in [0, 0.1) is 22.7 Å². The third-order valence-corrected chi connectivity index (χ3v) is 10.2. The van der Waals surface area contributed by atoms with Crippen molar-refractivity contribution in [1.29, 1.82) is 0 Å². The van der Waals surface area contributed by atoms with Crippen LogP contribution in [-0.2, 0) is 23.9 Å². The minimum atomic E-state index is -0.824. The van der Waals surface area contributed by atoms with Crippen LogP contribution in [0.2, 0.25) is 0 Å². The first kappa shape index (κ1) is 34.8. The van der Waals surface area contributed by atoms with Gasteiger partial charge in [0.05, 0.1) is 37.5 Å². The van der Waals surface area contributed by atoms with Crippen molar-refractivity contribution in [2.75, 3.05) is 25.5 Å². The summed E-state index contributed by atoms with van der Waals surface area (Å²) in [6.07, 6.45) is 10.2. The summed E-state index contributed by atoms with van der Waals surface area (Å²) in [5.74, 6) is -1.94. The largest absolute Gasteiger partial charge is 0.462 e. The molecule has 2 aliphatic carbocycles. The Hall–Kier alpha value is -4.53. The Morgan fingerprint density at radius 3 is 2.67 bits per heavy atom. The highest BCUT2D eigenvalue weighted by Gasteiger charge is 2.59. The maximum Gasteiger partial charge on any atom is 0.343 e. The molecule has 0 radical (unpaired) electrons. The van der Waals surface area contributed by atoms with Crippen molar-refractivity contribution in [1.82, 2.24) is 20.6 Å². The predicted octanol–water partition coefficient (Wildman–Crippen LogP) is 1.63. The van der Waals surface area contributed by atoms with Crippen molar-refractivity contribution < 1.29 is 34.1 Å². The standard InChI is InChI=1S/C34H43N7O7/c1-6-47-30(46)27(21-15-38-31(35)39-16-21)24-13-20(29(45)48-24)7-8-22-18(2)23(40-19(3)28(44)41-32-36-11-12-37-32)14-25-33(22,4)10-9-26(43)34(25,5)17-42/h7-8,11,13,15-16,19,22-23,25-26,40,42-43H,2,6,9-10,12,14,17H2,1,3-5H3,(H2,35,38,39)(H,37,41,44)/b8-7+,27-24-/t19?,22?,23?,25?,26-,33-,34+/m1/s1. The minimum absolute atomic E-state index is 0.0118. The number of fused-ring (bicyclic) bond motifs is 1. The van der Waals surface area contributed by atoms with Crippen LogP contribution in [0.4, 0.5) is 5.95 Å². The number of nitrogens with two attached hydrogens (primary N) is 1. The van der Waals surface area contributed by atoms with E-state index < -0.39 is 34.9 Å². The van der Waals surface area contributed by atoms with Crippen molar-refractivity contribution in [3.05, 3.63) is 59.7 Å². The molecule has 14 heteroatoms. The number of anilines is 1. The molecule has 2 aliphatic heterocycles. The van der Waals surface area contributed by atoms with Crippen molar-refractivity contribution in [2.24, 2.45) is 32.7 Å². The zero-order valence-corrected chi connectivity index (χ0v) is 27.6. The summed E-state index contributed by atoms with van der Waals surface area (Å²) < 4.78 is 10.8.